The smallest absolute Gasteiger partial charge is 0.0991 e. The zero-order valence-corrected chi connectivity index (χ0v) is 15.6. The molecule has 1 aliphatic rings. The van der Waals surface area contributed by atoms with Crippen molar-refractivity contribution in [2.45, 2.75) is 32.2 Å². The standard InChI is InChI=1S/C23H25N3/c1-17-5-4-11-26(17)12-10-22-15-21-14-20(8-9-23(21)25(22)2)19-7-3-6-18(13-19)16-24/h3,6-9,13-15,17H,4-5,10-12H2,1-2H3/t17-/m1/s1. The van der Waals surface area contributed by atoms with E-state index in [1.54, 1.807) is 0 Å². The van der Waals surface area contributed by atoms with E-state index in [4.69, 9.17) is 5.26 Å². The first-order chi connectivity index (χ1) is 12.7. The molecule has 4 rings (SSSR count). The summed E-state index contributed by atoms with van der Waals surface area (Å²) < 4.78 is 2.32. The van der Waals surface area contributed by atoms with Crippen LogP contribution in [0.1, 0.15) is 31.0 Å². The molecule has 0 saturated carbocycles. The molecule has 26 heavy (non-hydrogen) atoms. The van der Waals surface area contributed by atoms with Gasteiger partial charge < -0.3 is 9.47 Å². The van der Waals surface area contributed by atoms with E-state index in [0.717, 1.165) is 24.6 Å². The van der Waals surface area contributed by atoms with E-state index >= 15 is 0 Å². The molecule has 0 spiro atoms. The molecule has 1 atom stereocenters. The van der Waals surface area contributed by atoms with E-state index in [9.17, 15) is 0 Å². The van der Waals surface area contributed by atoms with Crippen LogP contribution in [0.15, 0.2) is 48.5 Å². The van der Waals surface area contributed by atoms with E-state index in [2.05, 4.69) is 59.8 Å². The first kappa shape index (κ1) is 16.9. The largest absolute Gasteiger partial charge is 0.348 e. The minimum Gasteiger partial charge on any atom is -0.348 e. The Morgan fingerprint density at radius 2 is 1.96 bits per heavy atom. The van der Waals surface area contributed by atoms with Crippen molar-refractivity contribution < 1.29 is 0 Å². The van der Waals surface area contributed by atoms with Crippen molar-refractivity contribution in [3.05, 3.63) is 59.8 Å². The molecule has 3 heteroatoms. The Hall–Kier alpha value is -2.57. The third-order valence-electron chi connectivity index (χ3n) is 5.81. The van der Waals surface area contributed by atoms with Gasteiger partial charge in [0.25, 0.3) is 0 Å². The van der Waals surface area contributed by atoms with Crippen LogP contribution in [0.5, 0.6) is 0 Å². The highest BCUT2D eigenvalue weighted by atomic mass is 15.2. The average Bonchev–Trinajstić information content (AvgIpc) is 3.22. The predicted molar refractivity (Wildman–Crippen MR) is 107 cm³/mol. The topological polar surface area (TPSA) is 32.0 Å². The molecule has 3 aromatic rings. The third kappa shape index (κ3) is 3.13. The Balaban J connectivity index is 1.61. The van der Waals surface area contributed by atoms with Gasteiger partial charge in [0.2, 0.25) is 0 Å². The summed E-state index contributed by atoms with van der Waals surface area (Å²) in [6.07, 6.45) is 3.76. The number of nitrogens with zero attached hydrogens (tertiary/aromatic N) is 3. The lowest BCUT2D eigenvalue weighted by Crippen LogP contribution is -2.29. The number of rotatable bonds is 4. The minimum atomic E-state index is 0.705. The lowest BCUT2D eigenvalue weighted by molar-refractivity contribution is 0.271. The van der Waals surface area contributed by atoms with E-state index in [-0.39, 0.29) is 0 Å². The fourth-order valence-electron chi connectivity index (χ4n) is 4.18. The van der Waals surface area contributed by atoms with Crippen LogP contribution >= 0.6 is 0 Å². The second-order valence-electron chi connectivity index (χ2n) is 7.44. The van der Waals surface area contributed by atoms with Crippen molar-refractivity contribution in [1.29, 1.82) is 5.26 Å². The van der Waals surface area contributed by atoms with Crippen LogP contribution in [-0.2, 0) is 13.5 Å². The van der Waals surface area contributed by atoms with Crippen LogP contribution in [0.4, 0.5) is 0 Å². The summed E-state index contributed by atoms with van der Waals surface area (Å²) in [5.41, 5.74) is 5.63. The van der Waals surface area contributed by atoms with E-state index in [0.29, 0.717) is 5.56 Å². The number of fused-ring (bicyclic) bond motifs is 1. The highest BCUT2D eigenvalue weighted by molar-refractivity contribution is 5.86. The number of aromatic nitrogens is 1. The van der Waals surface area contributed by atoms with Crippen LogP contribution in [-0.4, -0.2) is 28.6 Å². The van der Waals surface area contributed by atoms with Gasteiger partial charge in [-0.15, -0.1) is 0 Å². The van der Waals surface area contributed by atoms with Crippen LogP contribution in [0.25, 0.3) is 22.0 Å². The fraction of sp³-hybridized carbons (Fsp3) is 0.348. The summed E-state index contributed by atoms with van der Waals surface area (Å²) in [7, 11) is 2.17. The number of aryl methyl sites for hydroxylation is 1. The average molecular weight is 343 g/mol. The van der Waals surface area contributed by atoms with Crippen molar-refractivity contribution in [1.82, 2.24) is 9.47 Å². The fourth-order valence-corrected chi connectivity index (χ4v) is 4.18. The molecule has 2 heterocycles. The van der Waals surface area contributed by atoms with Gasteiger partial charge >= 0.3 is 0 Å². The molecule has 1 aromatic heterocycles. The summed E-state index contributed by atoms with van der Waals surface area (Å²) in [6, 6.07) is 19.7. The summed E-state index contributed by atoms with van der Waals surface area (Å²) in [4.78, 5) is 2.61. The molecular formula is C23H25N3. The van der Waals surface area contributed by atoms with Crippen molar-refractivity contribution in [3.63, 3.8) is 0 Å². The predicted octanol–water partition coefficient (Wildman–Crippen LogP) is 4.74. The molecule has 0 N–H and O–H groups in total. The monoisotopic (exact) mass is 343 g/mol. The Morgan fingerprint density at radius 1 is 1.12 bits per heavy atom. The summed E-state index contributed by atoms with van der Waals surface area (Å²) >= 11 is 0. The summed E-state index contributed by atoms with van der Waals surface area (Å²) in [5.74, 6) is 0. The van der Waals surface area contributed by atoms with Gasteiger partial charge in [0.05, 0.1) is 11.6 Å². The molecular weight excluding hydrogens is 318 g/mol. The first-order valence-corrected chi connectivity index (χ1v) is 9.48. The van der Waals surface area contributed by atoms with Crippen molar-refractivity contribution in [2.75, 3.05) is 13.1 Å². The molecule has 0 radical (unpaired) electrons. The van der Waals surface area contributed by atoms with Gasteiger partial charge in [-0.2, -0.15) is 5.26 Å². The lowest BCUT2D eigenvalue weighted by Gasteiger charge is -2.20. The van der Waals surface area contributed by atoms with Crippen LogP contribution < -0.4 is 0 Å². The number of benzene rings is 2. The Labute approximate surface area is 155 Å². The van der Waals surface area contributed by atoms with Gasteiger partial charge in [-0.05, 0) is 67.8 Å². The normalized spacial score (nSPS) is 17.7. The minimum absolute atomic E-state index is 0.705. The second-order valence-corrected chi connectivity index (χ2v) is 7.44. The molecule has 0 amide bonds. The maximum Gasteiger partial charge on any atom is 0.0991 e. The quantitative estimate of drug-likeness (QED) is 0.685. The molecule has 2 aromatic carbocycles. The number of nitriles is 1. The van der Waals surface area contributed by atoms with Gasteiger partial charge in [0.1, 0.15) is 0 Å². The maximum absolute atomic E-state index is 9.13. The van der Waals surface area contributed by atoms with Crippen molar-refractivity contribution in [2.24, 2.45) is 7.05 Å². The van der Waals surface area contributed by atoms with Crippen LogP contribution in [0, 0.1) is 11.3 Å². The van der Waals surface area contributed by atoms with Gasteiger partial charge in [-0.3, -0.25) is 0 Å². The number of likely N-dealkylation sites (tertiary alicyclic amines) is 1. The van der Waals surface area contributed by atoms with Crippen LogP contribution in [0.2, 0.25) is 0 Å². The first-order valence-electron chi connectivity index (χ1n) is 9.48. The highest BCUT2D eigenvalue weighted by Gasteiger charge is 2.20. The maximum atomic E-state index is 9.13. The Kier molecular flexibility index (Phi) is 4.53. The molecule has 132 valence electrons. The SMILES string of the molecule is C[C@@H]1CCCN1CCc1cc2cc(-c3cccc(C#N)c3)ccc2n1C. The molecule has 3 nitrogen and oxygen atoms in total. The number of hydrogen-bond acceptors (Lipinski definition) is 2. The zero-order valence-electron chi connectivity index (χ0n) is 15.6. The molecule has 0 bridgehead atoms. The molecule has 1 saturated heterocycles. The third-order valence-corrected chi connectivity index (χ3v) is 5.81. The Bertz CT molecular complexity index is 977. The molecule has 1 aliphatic heterocycles. The lowest BCUT2D eigenvalue weighted by atomic mass is 10.0. The summed E-state index contributed by atoms with van der Waals surface area (Å²) in [6.45, 7) is 4.73. The molecule has 0 unspecified atom stereocenters. The van der Waals surface area contributed by atoms with Gasteiger partial charge in [-0.25, -0.2) is 0 Å². The van der Waals surface area contributed by atoms with E-state index in [1.165, 1.54) is 41.5 Å². The molecule has 1 fully saturated rings. The molecule has 0 aliphatic carbocycles. The van der Waals surface area contributed by atoms with Crippen molar-refractivity contribution in [3.8, 4) is 17.2 Å². The highest BCUT2D eigenvalue weighted by Crippen LogP contribution is 2.27. The van der Waals surface area contributed by atoms with E-state index in [1.807, 2.05) is 18.2 Å². The second kappa shape index (κ2) is 6.97. The summed E-state index contributed by atoms with van der Waals surface area (Å²) in [5, 5.41) is 10.4. The van der Waals surface area contributed by atoms with E-state index < -0.39 is 0 Å². The van der Waals surface area contributed by atoms with Gasteiger partial charge in [-0.1, -0.05) is 18.2 Å². The van der Waals surface area contributed by atoms with Gasteiger partial charge in [0, 0.05) is 42.7 Å². The van der Waals surface area contributed by atoms with Crippen LogP contribution in [0.3, 0.4) is 0 Å². The zero-order chi connectivity index (χ0) is 18.1. The Morgan fingerprint density at radius 3 is 2.73 bits per heavy atom. The van der Waals surface area contributed by atoms with Crippen molar-refractivity contribution >= 4 is 10.9 Å². The van der Waals surface area contributed by atoms with Gasteiger partial charge in [0.15, 0.2) is 0 Å². The number of hydrogen-bond donors (Lipinski definition) is 0.